The Morgan fingerprint density at radius 1 is 1.37 bits per heavy atom. The van der Waals surface area contributed by atoms with Crippen LogP contribution in [-0.4, -0.2) is 23.6 Å². The number of rotatable bonds is 9. The molecule has 19 heavy (non-hydrogen) atoms. The number of hydrogen-bond acceptors (Lipinski definition) is 4. The normalized spacial score (nSPS) is 15.2. The van der Waals surface area contributed by atoms with Gasteiger partial charge in [-0.15, -0.1) is 0 Å². The number of ether oxygens (including phenoxy) is 2. The smallest absolute Gasteiger partial charge is 0.330 e. The van der Waals surface area contributed by atoms with Crippen molar-refractivity contribution in [2.24, 2.45) is 0 Å². The molecule has 0 radical (unpaired) electrons. The maximum atomic E-state index is 11.7. The quantitative estimate of drug-likeness (QED) is 0.476. The zero-order chi connectivity index (χ0) is 14.9. The van der Waals surface area contributed by atoms with Crippen molar-refractivity contribution in [3.8, 4) is 0 Å². The molecule has 0 aromatic heterocycles. The number of hydrogen-bond donors (Lipinski definition) is 0. The van der Waals surface area contributed by atoms with Gasteiger partial charge in [0.25, 0.3) is 0 Å². The van der Waals surface area contributed by atoms with Crippen LogP contribution in [0.1, 0.15) is 59.8 Å². The van der Waals surface area contributed by atoms with Crippen LogP contribution in [0.25, 0.3) is 0 Å². The first-order valence-electron chi connectivity index (χ1n) is 6.91. The molecule has 2 unspecified atom stereocenters. The van der Waals surface area contributed by atoms with Crippen molar-refractivity contribution in [3.63, 3.8) is 0 Å². The summed E-state index contributed by atoms with van der Waals surface area (Å²) < 4.78 is 10.5. The first-order chi connectivity index (χ1) is 8.86. The van der Waals surface area contributed by atoms with Crippen molar-refractivity contribution in [2.45, 2.75) is 71.5 Å². The van der Waals surface area contributed by atoms with Gasteiger partial charge in [0.05, 0.1) is 6.10 Å². The predicted octanol–water partition coefficient (Wildman–Crippen LogP) is 3.40. The molecule has 4 heteroatoms. The summed E-state index contributed by atoms with van der Waals surface area (Å²) >= 11 is 0. The molecule has 0 spiro atoms. The van der Waals surface area contributed by atoms with Crippen LogP contribution in [0.2, 0.25) is 0 Å². The fourth-order valence-electron chi connectivity index (χ4n) is 1.70. The number of carbonyl (C=O) groups is 2. The first kappa shape index (κ1) is 17.7. The van der Waals surface area contributed by atoms with Gasteiger partial charge in [-0.3, -0.25) is 4.79 Å². The Hall–Kier alpha value is -1.32. The summed E-state index contributed by atoms with van der Waals surface area (Å²) in [5.74, 6) is -0.702. The summed E-state index contributed by atoms with van der Waals surface area (Å²) in [7, 11) is 0. The Morgan fingerprint density at radius 2 is 2.00 bits per heavy atom. The van der Waals surface area contributed by atoms with Crippen LogP contribution in [0.5, 0.6) is 0 Å². The van der Waals surface area contributed by atoms with Crippen molar-refractivity contribution >= 4 is 11.9 Å². The van der Waals surface area contributed by atoms with E-state index in [-0.39, 0.29) is 18.5 Å². The van der Waals surface area contributed by atoms with E-state index < -0.39 is 11.6 Å². The van der Waals surface area contributed by atoms with E-state index in [1.54, 1.807) is 0 Å². The molecule has 0 aliphatic carbocycles. The third-order valence-electron chi connectivity index (χ3n) is 3.15. The van der Waals surface area contributed by atoms with Crippen LogP contribution in [0.4, 0.5) is 0 Å². The molecule has 4 nitrogen and oxygen atoms in total. The van der Waals surface area contributed by atoms with Crippen molar-refractivity contribution in [3.05, 3.63) is 12.7 Å². The second-order valence-electron chi connectivity index (χ2n) is 5.02. The van der Waals surface area contributed by atoms with Crippen molar-refractivity contribution in [1.82, 2.24) is 0 Å². The molecule has 0 saturated carbocycles. The minimum Gasteiger partial charge on any atom is -0.463 e. The van der Waals surface area contributed by atoms with Gasteiger partial charge in [-0.2, -0.15) is 0 Å². The van der Waals surface area contributed by atoms with E-state index in [2.05, 4.69) is 6.58 Å². The average Bonchev–Trinajstić information content (AvgIpc) is 2.36. The highest BCUT2D eigenvalue weighted by Crippen LogP contribution is 2.22. The summed E-state index contributed by atoms with van der Waals surface area (Å²) in [5.41, 5.74) is -0.641. The van der Waals surface area contributed by atoms with E-state index in [4.69, 9.17) is 9.47 Å². The van der Waals surface area contributed by atoms with Crippen LogP contribution in [0, 0.1) is 0 Å². The molecule has 0 bridgehead atoms. The van der Waals surface area contributed by atoms with Crippen molar-refractivity contribution < 1.29 is 19.1 Å². The number of esters is 2. The second-order valence-corrected chi connectivity index (χ2v) is 5.02. The molecule has 110 valence electrons. The minimum atomic E-state index is -0.641. The maximum Gasteiger partial charge on any atom is 0.330 e. The molecule has 0 aliphatic rings. The molecule has 0 aromatic rings. The lowest BCUT2D eigenvalue weighted by Crippen LogP contribution is -2.31. The van der Waals surface area contributed by atoms with Crippen LogP contribution >= 0.6 is 0 Å². The van der Waals surface area contributed by atoms with Gasteiger partial charge in [0.15, 0.2) is 0 Å². The van der Waals surface area contributed by atoms with Crippen LogP contribution in [0.3, 0.4) is 0 Å². The minimum absolute atomic E-state index is 0.0545. The van der Waals surface area contributed by atoms with Crippen molar-refractivity contribution in [1.29, 1.82) is 0 Å². The van der Waals surface area contributed by atoms with Gasteiger partial charge < -0.3 is 9.47 Å². The van der Waals surface area contributed by atoms with Gasteiger partial charge in [0, 0.05) is 12.5 Å². The third-order valence-corrected chi connectivity index (χ3v) is 3.15. The molecule has 0 heterocycles. The molecule has 0 fully saturated rings. The molecule has 0 saturated heterocycles. The lowest BCUT2D eigenvalue weighted by molar-refractivity contribution is -0.158. The highest BCUT2D eigenvalue weighted by Gasteiger charge is 2.27. The van der Waals surface area contributed by atoms with Crippen molar-refractivity contribution in [2.75, 3.05) is 0 Å². The Kier molecular flexibility index (Phi) is 8.12. The Morgan fingerprint density at radius 3 is 2.47 bits per heavy atom. The summed E-state index contributed by atoms with van der Waals surface area (Å²) in [6.07, 6.45) is 4.28. The van der Waals surface area contributed by atoms with E-state index >= 15 is 0 Å². The van der Waals surface area contributed by atoms with E-state index in [9.17, 15) is 9.59 Å². The monoisotopic (exact) mass is 270 g/mol. The number of carbonyl (C=O) groups excluding carboxylic acids is 2. The van der Waals surface area contributed by atoms with E-state index in [0.29, 0.717) is 12.8 Å². The van der Waals surface area contributed by atoms with Gasteiger partial charge in [-0.05, 0) is 33.1 Å². The Bertz CT molecular complexity index is 311. The van der Waals surface area contributed by atoms with E-state index in [1.165, 1.54) is 0 Å². The van der Waals surface area contributed by atoms with Gasteiger partial charge in [-0.25, -0.2) is 4.79 Å². The third kappa shape index (κ3) is 7.65. The van der Waals surface area contributed by atoms with E-state index in [1.807, 2.05) is 27.7 Å². The lowest BCUT2D eigenvalue weighted by Gasteiger charge is -2.27. The molecule has 0 N–H and O–H groups in total. The Balaban J connectivity index is 4.22. The molecule has 0 aromatic carbocycles. The van der Waals surface area contributed by atoms with Gasteiger partial charge in [0.2, 0.25) is 0 Å². The van der Waals surface area contributed by atoms with Gasteiger partial charge >= 0.3 is 11.9 Å². The van der Waals surface area contributed by atoms with Crippen LogP contribution < -0.4 is 0 Å². The summed E-state index contributed by atoms with van der Waals surface area (Å²) in [4.78, 5) is 22.9. The topological polar surface area (TPSA) is 52.6 Å². The molecular formula is C15H26O4. The SMILES string of the molecule is C=CC(=O)OC(C)(CC)CCC(=O)OC(C)CCC. The van der Waals surface area contributed by atoms with Gasteiger partial charge in [-0.1, -0.05) is 26.8 Å². The Labute approximate surface area is 116 Å². The fourth-order valence-corrected chi connectivity index (χ4v) is 1.70. The second kappa shape index (κ2) is 8.73. The van der Waals surface area contributed by atoms with E-state index in [0.717, 1.165) is 18.9 Å². The molecule has 0 amide bonds. The largest absolute Gasteiger partial charge is 0.463 e. The average molecular weight is 270 g/mol. The standard InChI is InChI=1S/C15H26O4/c1-6-9-12(4)18-14(17)10-11-15(5,8-3)19-13(16)7-2/h7,12H,2,6,8-11H2,1,3-5H3. The molecule has 2 atom stereocenters. The summed E-state index contributed by atoms with van der Waals surface area (Å²) in [6.45, 7) is 11.0. The lowest BCUT2D eigenvalue weighted by atomic mass is 9.96. The molecule has 0 aliphatic heterocycles. The summed E-state index contributed by atoms with van der Waals surface area (Å²) in [5, 5.41) is 0. The van der Waals surface area contributed by atoms with Gasteiger partial charge in [0.1, 0.15) is 5.60 Å². The molecular weight excluding hydrogens is 244 g/mol. The summed E-state index contributed by atoms with van der Waals surface area (Å²) in [6, 6.07) is 0. The van der Waals surface area contributed by atoms with Crippen LogP contribution in [0.15, 0.2) is 12.7 Å². The van der Waals surface area contributed by atoms with Crippen LogP contribution in [-0.2, 0) is 19.1 Å². The highest BCUT2D eigenvalue weighted by molar-refractivity contribution is 5.81. The fraction of sp³-hybridized carbons (Fsp3) is 0.733. The first-order valence-corrected chi connectivity index (χ1v) is 6.91. The maximum absolute atomic E-state index is 11.7. The molecule has 0 rings (SSSR count). The predicted molar refractivity (Wildman–Crippen MR) is 74.7 cm³/mol. The zero-order valence-corrected chi connectivity index (χ0v) is 12.5. The highest BCUT2D eigenvalue weighted by atomic mass is 16.6. The zero-order valence-electron chi connectivity index (χ0n) is 12.5.